The molecule has 34 heavy (non-hydrogen) atoms. The van der Waals surface area contributed by atoms with Crippen LogP contribution >= 0.6 is 11.6 Å². The summed E-state index contributed by atoms with van der Waals surface area (Å²) in [5.41, 5.74) is 1.57. The Balaban J connectivity index is 1.16. The van der Waals surface area contributed by atoms with E-state index in [0.29, 0.717) is 30.9 Å². The normalized spacial score (nSPS) is 29.1. The molecule has 5 aliphatic rings. The molecule has 4 saturated carbocycles. The van der Waals surface area contributed by atoms with Crippen LogP contribution in [0.15, 0.2) is 24.5 Å². The minimum atomic E-state index is -0.636. The van der Waals surface area contributed by atoms with Gasteiger partial charge in [0.1, 0.15) is 18.0 Å². The number of hydrogen-bond donors (Lipinski definition) is 1. The Morgan fingerprint density at radius 3 is 2.50 bits per heavy atom. The highest BCUT2D eigenvalue weighted by Crippen LogP contribution is 2.61. The molecule has 1 N–H and O–H groups in total. The molecule has 2 heterocycles. The van der Waals surface area contributed by atoms with E-state index in [2.05, 4.69) is 15.3 Å². The third-order valence-corrected chi connectivity index (χ3v) is 8.74. The number of carbonyl (C=O) groups is 2. The monoisotopic (exact) mass is 482 g/mol. The molecule has 0 unspecified atom stereocenters. The van der Waals surface area contributed by atoms with Crippen molar-refractivity contribution in [2.24, 2.45) is 23.2 Å². The van der Waals surface area contributed by atoms with Gasteiger partial charge in [-0.2, -0.15) is 0 Å². The van der Waals surface area contributed by atoms with Crippen molar-refractivity contribution >= 4 is 29.2 Å². The first kappa shape index (κ1) is 22.0. The Labute approximate surface area is 203 Å². The number of fused-ring (bicyclic) bond motifs is 1. The average Bonchev–Trinajstić information content (AvgIpc) is 2.77. The SMILES string of the molecule is O=C(CC12CC3CC(CC(C3)C1)C2)Nc1ncnc2c1CCN(C(=O)c1c(F)cccc1Cl)C2. The lowest BCUT2D eigenvalue weighted by Crippen LogP contribution is -2.47. The highest BCUT2D eigenvalue weighted by Gasteiger charge is 2.51. The Hall–Kier alpha value is -2.54. The van der Waals surface area contributed by atoms with E-state index < -0.39 is 11.7 Å². The Morgan fingerprint density at radius 1 is 1.12 bits per heavy atom. The fourth-order valence-electron chi connectivity index (χ4n) is 7.52. The number of carbonyl (C=O) groups excluding carboxylic acids is 2. The van der Waals surface area contributed by atoms with E-state index in [-0.39, 0.29) is 28.5 Å². The van der Waals surface area contributed by atoms with Gasteiger partial charge in [0.25, 0.3) is 5.91 Å². The third kappa shape index (κ3) is 3.88. The molecule has 4 bridgehead atoms. The van der Waals surface area contributed by atoms with Gasteiger partial charge in [0.2, 0.25) is 5.91 Å². The number of nitrogens with one attached hydrogen (secondary N) is 1. The van der Waals surface area contributed by atoms with Crippen molar-refractivity contribution in [2.45, 2.75) is 57.9 Å². The molecule has 0 atom stereocenters. The van der Waals surface area contributed by atoms with Gasteiger partial charge in [-0.05, 0) is 80.2 Å². The maximum atomic E-state index is 14.3. The van der Waals surface area contributed by atoms with Gasteiger partial charge in [0, 0.05) is 18.5 Å². The van der Waals surface area contributed by atoms with E-state index in [1.165, 1.54) is 63.1 Å². The zero-order chi connectivity index (χ0) is 23.4. The van der Waals surface area contributed by atoms with Crippen LogP contribution in [0.5, 0.6) is 0 Å². The maximum Gasteiger partial charge on any atom is 0.258 e. The van der Waals surface area contributed by atoms with Crippen molar-refractivity contribution < 1.29 is 14.0 Å². The molecule has 4 fully saturated rings. The van der Waals surface area contributed by atoms with Crippen LogP contribution in [0.3, 0.4) is 0 Å². The van der Waals surface area contributed by atoms with Crippen LogP contribution in [0.25, 0.3) is 0 Å². The van der Waals surface area contributed by atoms with Crippen molar-refractivity contribution in [3.05, 3.63) is 52.2 Å². The zero-order valence-corrected chi connectivity index (χ0v) is 19.8. The van der Waals surface area contributed by atoms with Crippen LogP contribution in [-0.4, -0.2) is 33.2 Å². The molecular formula is C26H28ClFN4O2. The first-order valence-electron chi connectivity index (χ1n) is 12.2. The van der Waals surface area contributed by atoms with Crippen LogP contribution in [0.4, 0.5) is 10.2 Å². The summed E-state index contributed by atoms with van der Waals surface area (Å²) in [4.78, 5) is 36.3. The standard InChI is InChI=1S/C26H28ClFN4O2/c27-19-2-1-3-20(28)23(19)25(34)32-5-4-18-21(13-32)29-14-30-24(18)31-22(33)12-26-9-15-6-16(10-26)8-17(7-15)11-26/h1-3,14-17H,4-13H2,(H,29,30,31,33). The Bertz CT molecular complexity index is 1110. The lowest BCUT2D eigenvalue weighted by atomic mass is 9.49. The van der Waals surface area contributed by atoms with E-state index in [0.717, 1.165) is 23.3 Å². The van der Waals surface area contributed by atoms with Gasteiger partial charge in [-0.15, -0.1) is 0 Å². The van der Waals surface area contributed by atoms with E-state index in [1.54, 1.807) is 4.90 Å². The quantitative estimate of drug-likeness (QED) is 0.664. The van der Waals surface area contributed by atoms with Gasteiger partial charge < -0.3 is 10.2 Å². The lowest BCUT2D eigenvalue weighted by molar-refractivity contribution is -0.124. The Kier molecular flexibility index (Phi) is 5.36. The molecule has 1 aromatic heterocycles. The largest absolute Gasteiger partial charge is 0.332 e. The molecule has 7 rings (SSSR count). The molecule has 178 valence electrons. The number of amides is 2. The van der Waals surface area contributed by atoms with Crippen molar-refractivity contribution in [3.63, 3.8) is 0 Å². The van der Waals surface area contributed by atoms with Gasteiger partial charge in [-0.25, -0.2) is 14.4 Å². The second-order valence-corrected chi connectivity index (χ2v) is 11.3. The summed E-state index contributed by atoms with van der Waals surface area (Å²) in [7, 11) is 0. The van der Waals surface area contributed by atoms with Crippen molar-refractivity contribution in [1.29, 1.82) is 0 Å². The number of rotatable bonds is 4. The summed E-state index contributed by atoms with van der Waals surface area (Å²) >= 11 is 6.09. The van der Waals surface area contributed by atoms with E-state index in [9.17, 15) is 14.0 Å². The summed E-state index contributed by atoms with van der Waals surface area (Å²) < 4.78 is 14.3. The second-order valence-electron chi connectivity index (χ2n) is 10.9. The summed E-state index contributed by atoms with van der Waals surface area (Å²) in [5, 5.41) is 3.16. The minimum absolute atomic E-state index is 0.0273. The fourth-order valence-corrected chi connectivity index (χ4v) is 7.76. The number of halogens is 2. The molecule has 0 saturated heterocycles. The molecule has 0 spiro atoms. The molecule has 1 aliphatic heterocycles. The predicted molar refractivity (Wildman–Crippen MR) is 126 cm³/mol. The van der Waals surface area contributed by atoms with Gasteiger partial charge in [0.15, 0.2) is 0 Å². The van der Waals surface area contributed by atoms with Crippen molar-refractivity contribution in [3.8, 4) is 0 Å². The number of anilines is 1. The summed E-state index contributed by atoms with van der Waals surface area (Å²) in [5.74, 6) is 1.88. The van der Waals surface area contributed by atoms with Crippen molar-refractivity contribution in [2.75, 3.05) is 11.9 Å². The minimum Gasteiger partial charge on any atom is -0.332 e. The first-order valence-corrected chi connectivity index (χ1v) is 12.6. The summed E-state index contributed by atoms with van der Waals surface area (Å²) in [6, 6.07) is 4.22. The summed E-state index contributed by atoms with van der Waals surface area (Å²) in [6.07, 6.45) is 10.1. The smallest absolute Gasteiger partial charge is 0.258 e. The lowest BCUT2D eigenvalue weighted by Gasteiger charge is -2.56. The number of aromatic nitrogens is 2. The third-order valence-electron chi connectivity index (χ3n) is 8.43. The molecule has 1 aromatic carbocycles. The van der Waals surface area contributed by atoms with Gasteiger partial charge >= 0.3 is 0 Å². The first-order chi connectivity index (χ1) is 16.4. The number of benzene rings is 1. The highest BCUT2D eigenvalue weighted by molar-refractivity contribution is 6.33. The van der Waals surface area contributed by atoms with Crippen molar-refractivity contribution in [1.82, 2.24) is 14.9 Å². The van der Waals surface area contributed by atoms with Crippen LogP contribution in [0.2, 0.25) is 5.02 Å². The molecule has 4 aliphatic carbocycles. The van der Waals surface area contributed by atoms with E-state index in [1.807, 2.05) is 0 Å². The fraction of sp³-hybridized carbons (Fsp3) is 0.538. The molecule has 2 aromatic rings. The van der Waals surface area contributed by atoms with Crippen LogP contribution in [0.1, 0.15) is 66.6 Å². The van der Waals surface area contributed by atoms with Crippen LogP contribution in [0, 0.1) is 29.0 Å². The molecule has 6 nitrogen and oxygen atoms in total. The van der Waals surface area contributed by atoms with E-state index in [4.69, 9.17) is 11.6 Å². The number of nitrogens with zero attached hydrogens (tertiary/aromatic N) is 3. The molecular weight excluding hydrogens is 455 g/mol. The predicted octanol–water partition coefficient (Wildman–Crippen LogP) is 5.01. The van der Waals surface area contributed by atoms with Gasteiger partial charge in [0.05, 0.1) is 22.8 Å². The van der Waals surface area contributed by atoms with Crippen LogP contribution in [-0.2, 0) is 17.8 Å². The maximum absolute atomic E-state index is 14.3. The van der Waals surface area contributed by atoms with E-state index >= 15 is 0 Å². The van der Waals surface area contributed by atoms with Gasteiger partial charge in [-0.1, -0.05) is 17.7 Å². The highest BCUT2D eigenvalue weighted by atomic mass is 35.5. The molecule has 2 amide bonds. The average molecular weight is 483 g/mol. The molecule has 8 heteroatoms. The number of hydrogen-bond acceptors (Lipinski definition) is 4. The zero-order valence-electron chi connectivity index (χ0n) is 19.0. The van der Waals surface area contributed by atoms with Crippen LogP contribution < -0.4 is 5.32 Å². The topological polar surface area (TPSA) is 75.2 Å². The second kappa shape index (κ2) is 8.29. The Morgan fingerprint density at radius 2 is 1.82 bits per heavy atom. The molecule has 0 radical (unpaired) electrons. The van der Waals surface area contributed by atoms with Gasteiger partial charge in [-0.3, -0.25) is 9.59 Å². The summed E-state index contributed by atoms with van der Waals surface area (Å²) in [6.45, 7) is 0.598.